The van der Waals surface area contributed by atoms with Crippen LogP contribution in [0, 0.1) is 11.0 Å². The van der Waals surface area contributed by atoms with Crippen LogP contribution in [0.2, 0.25) is 0 Å². The number of aromatic hydroxyl groups is 1. The van der Waals surface area contributed by atoms with Crippen LogP contribution in [0.5, 0.6) is 5.75 Å². The molecule has 0 unspecified atom stereocenters. The second-order valence-corrected chi connectivity index (χ2v) is 5.64. The lowest BCUT2D eigenvalue weighted by Gasteiger charge is -2.29. The minimum Gasteiger partial charge on any atom is -0.618 e. The molecule has 1 N–H and O–H groups in total. The van der Waals surface area contributed by atoms with Gasteiger partial charge in [-0.3, -0.25) is 4.79 Å². The molecule has 1 amide bonds. The Hall–Kier alpha value is -3.16. The third-order valence-corrected chi connectivity index (χ3v) is 4.10. The van der Waals surface area contributed by atoms with Gasteiger partial charge in [0.15, 0.2) is 5.75 Å². The molecule has 7 nitrogen and oxygen atoms in total. The van der Waals surface area contributed by atoms with Gasteiger partial charge in [0.25, 0.3) is 5.91 Å². The Kier molecular flexibility index (Phi) is 4.26. The Morgan fingerprint density at radius 3 is 2.72 bits per heavy atom. The first kappa shape index (κ1) is 16.7. The molecule has 0 atom stereocenters. The normalized spacial score (nSPS) is 13.5. The number of benzene rings is 1. The quantitative estimate of drug-likeness (QED) is 0.511. The number of rotatable bonds is 3. The van der Waals surface area contributed by atoms with Crippen molar-refractivity contribution in [1.29, 1.82) is 0 Å². The first-order chi connectivity index (χ1) is 11.9. The topological polar surface area (TPSA) is 93.8 Å². The fourth-order valence-electron chi connectivity index (χ4n) is 2.91. The molecule has 8 heteroatoms. The molecule has 1 aromatic carbocycles. The van der Waals surface area contributed by atoms with Gasteiger partial charge in [-0.1, -0.05) is 12.1 Å². The number of carbonyl (C=O) groups is 2. The second-order valence-electron chi connectivity index (χ2n) is 5.64. The number of hydrogen-bond donors (Lipinski definition) is 1. The SMILES string of the molecule is COC(=O)c1c2c(c(O)c[n+]1[O-])C(=O)N(Cc1ccc(F)cc1)CC2. The van der Waals surface area contributed by atoms with Gasteiger partial charge in [0.05, 0.1) is 18.2 Å². The van der Waals surface area contributed by atoms with Crippen molar-refractivity contribution in [3.05, 3.63) is 63.9 Å². The highest BCUT2D eigenvalue weighted by Gasteiger charge is 2.36. The lowest BCUT2D eigenvalue weighted by Crippen LogP contribution is -2.43. The number of fused-ring (bicyclic) bond motifs is 1. The Morgan fingerprint density at radius 2 is 2.08 bits per heavy atom. The molecule has 2 aromatic rings. The maximum atomic E-state index is 13.0. The fourth-order valence-corrected chi connectivity index (χ4v) is 2.91. The number of carbonyl (C=O) groups excluding carboxylic acids is 2. The van der Waals surface area contributed by atoms with E-state index < -0.39 is 17.6 Å². The van der Waals surface area contributed by atoms with Crippen LogP contribution in [0.3, 0.4) is 0 Å². The van der Waals surface area contributed by atoms with Crippen molar-refractivity contribution in [2.45, 2.75) is 13.0 Å². The predicted octanol–water partition coefficient (Wildman–Crippen LogP) is 1.15. The van der Waals surface area contributed by atoms with Gasteiger partial charge in [0.1, 0.15) is 5.82 Å². The van der Waals surface area contributed by atoms with Crippen LogP contribution in [0.25, 0.3) is 0 Å². The van der Waals surface area contributed by atoms with Gasteiger partial charge in [-0.25, -0.2) is 9.18 Å². The minimum atomic E-state index is -0.869. The lowest BCUT2D eigenvalue weighted by atomic mass is 9.96. The van der Waals surface area contributed by atoms with Crippen LogP contribution in [-0.2, 0) is 17.7 Å². The first-order valence-corrected chi connectivity index (χ1v) is 7.52. The zero-order chi connectivity index (χ0) is 18.1. The zero-order valence-electron chi connectivity index (χ0n) is 13.4. The Bertz CT molecular complexity index is 851. The number of halogens is 1. The maximum absolute atomic E-state index is 13.0. The Labute approximate surface area is 142 Å². The number of esters is 1. The van der Waals surface area contributed by atoms with Gasteiger partial charge >= 0.3 is 11.7 Å². The van der Waals surface area contributed by atoms with E-state index in [0.717, 1.165) is 18.9 Å². The van der Waals surface area contributed by atoms with E-state index in [9.17, 15) is 24.3 Å². The smallest absolute Gasteiger partial charge is 0.405 e. The van der Waals surface area contributed by atoms with Gasteiger partial charge in [-0.05, 0) is 24.1 Å². The molecule has 0 radical (unpaired) electrons. The van der Waals surface area contributed by atoms with Gasteiger partial charge in [-0.15, -0.1) is 0 Å². The average molecular weight is 346 g/mol. The standard InChI is InChI=1S/C17H15FN2O5/c1-25-17(23)15-12-6-7-19(8-10-2-4-11(18)5-3-10)16(22)14(12)13(21)9-20(15)24/h2-5,9,21H,6-8H2,1H3. The number of nitrogens with zero attached hydrogens (tertiary/aromatic N) is 2. The summed E-state index contributed by atoms with van der Waals surface area (Å²) >= 11 is 0. The summed E-state index contributed by atoms with van der Waals surface area (Å²) < 4.78 is 17.8. The third-order valence-electron chi connectivity index (χ3n) is 4.10. The summed E-state index contributed by atoms with van der Waals surface area (Å²) in [6.45, 7) is 0.467. The number of hydrogen-bond acceptors (Lipinski definition) is 5. The number of pyridine rings is 1. The highest BCUT2D eigenvalue weighted by atomic mass is 19.1. The van der Waals surface area contributed by atoms with Crippen LogP contribution in [0.15, 0.2) is 30.5 Å². The molecule has 1 aliphatic heterocycles. The summed E-state index contributed by atoms with van der Waals surface area (Å²) in [5, 5.41) is 22.0. The van der Waals surface area contributed by atoms with E-state index >= 15 is 0 Å². The molecule has 0 saturated carbocycles. The average Bonchev–Trinajstić information content (AvgIpc) is 2.58. The van der Waals surface area contributed by atoms with Crippen molar-refractivity contribution in [3.8, 4) is 5.75 Å². The molecule has 0 saturated heterocycles. The van der Waals surface area contributed by atoms with Crippen LogP contribution < -0.4 is 4.73 Å². The highest BCUT2D eigenvalue weighted by Crippen LogP contribution is 2.29. The van der Waals surface area contributed by atoms with Crippen molar-refractivity contribution < 1.29 is 28.6 Å². The van der Waals surface area contributed by atoms with Gasteiger partial charge in [0, 0.05) is 13.1 Å². The fraction of sp³-hybridized carbons (Fsp3) is 0.235. The van der Waals surface area contributed by atoms with Crippen LogP contribution in [-0.4, -0.2) is 35.5 Å². The predicted molar refractivity (Wildman–Crippen MR) is 83.3 cm³/mol. The van der Waals surface area contributed by atoms with Crippen LogP contribution in [0.1, 0.15) is 32.0 Å². The van der Waals surface area contributed by atoms with Crippen molar-refractivity contribution in [2.24, 2.45) is 0 Å². The first-order valence-electron chi connectivity index (χ1n) is 7.52. The number of amides is 1. The van der Waals surface area contributed by atoms with E-state index in [1.165, 1.54) is 17.0 Å². The molecule has 0 bridgehead atoms. The molecule has 0 aliphatic carbocycles. The number of ether oxygens (including phenoxy) is 1. The van der Waals surface area contributed by atoms with E-state index in [1.54, 1.807) is 12.1 Å². The van der Waals surface area contributed by atoms with E-state index in [4.69, 9.17) is 0 Å². The van der Waals surface area contributed by atoms with Crippen LogP contribution in [0.4, 0.5) is 4.39 Å². The van der Waals surface area contributed by atoms with Crippen LogP contribution >= 0.6 is 0 Å². The van der Waals surface area contributed by atoms with Gasteiger partial charge in [0.2, 0.25) is 6.20 Å². The van der Waals surface area contributed by atoms with Crippen molar-refractivity contribution >= 4 is 11.9 Å². The summed E-state index contributed by atoms with van der Waals surface area (Å²) in [6, 6.07) is 5.72. The van der Waals surface area contributed by atoms with E-state index in [-0.39, 0.29) is 46.9 Å². The summed E-state index contributed by atoms with van der Waals surface area (Å²) in [7, 11) is 1.13. The lowest BCUT2D eigenvalue weighted by molar-refractivity contribution is -0.609. The van der Waals surface area contributed by atoms with Crippen molar-refractivity contribution in [3.63, 3.8) is 0 Å². The molecular weight excluding hydrogens is 331 g/mol. The van der Waals surface area contributed by atoms with Crippen molar-refractivity contribution in [2.75, 3.05) is 13.7 Å². The summed E-state index contributed by atoms with van der Waals surface area (Å²) in [4.78, 5) is 26.0. The van der Waals surface area contributed by atoms with Crippen molar-refractivity contribution in [1.82, 2.24) is 4.90 Å². The molecule has 1 aliphatic rings. The molecule has 0 fully saturated rings. The monoisotopic (exact) mass is 346 g/mol. The van der Waals surface area contributed by atoms with Gasteiger partial charge < -0.3 is 20.0 Å². The molecule has 25 heavy (non-hydrogen) atoms. The zero-order valence-corrected chi connectivity index (χ0v) is 13.4. The summed E-state index contributed by atoms with van der Waals surface area (Å²) in [6.07, 6.45) is 0.980. The van der Waals surface area contributed by atoms with E-state index in [2.05, 4.69) is 4.74 Å². The molecular formula is C17H15FN2O5. The highest BCUT2D eigenvalue weighted by molar-refractivity contribution is 6.02. The molecule has 2 heterocycles. The summed E-state index contributed by atoms with van der Waals surface area (Å²) in [5.74, 6) is -2.24. The molecule has 130 valence electrons. The number of methoxy groups -OCH3 is 1. The largest absolute Gasteiger partial charge is 0.618 e. The molecule has 1 aromatic heterocycles. The summed E-state index contributed by atoms with van der Waals surface area (Å²) in [5.41, 5.74) is 0.508. The molecule has 3 rings (SSSR count). The Balaban J connectivity index is 1.97. The number of aromatic nitrogens is 1. The minimum absolute atomic E-state index is 0.0825. The third kappa shape index (κ3) is 2.98. The van der Waals surface area contributed by atoms with Gasteiger partial charge in [-0.2, -0.15) is 4.73 Å². The van der Waals surface area contributed by atoms with E-state index in [1.807, 2.05) is 0 Å². The maximum Gasteiger partial charge on any atom is 0.405 e. The second kappa shape index (κ2) is 6.39. The Morgan fingerprint density at radius 1 is 1.40 bits per heavy atom. The van der Waals surface area contributed by atoms with E-state index in [0.29, 0.717) is 0 Å². The molecule has 0 spiro atoms.